The number of piperidine rings is 1. The van der Waals surface area contributed by atoms with Crippen molar-refractivity contribution in [2.45, 2.75) is 88.0 Å². The lowest BCUT2D eigenvalue weighted by atomic mass is 9.54. The second kappa shape index (κ2) is 15.0. The third-order valence-electron chi connectivity index (χ3n) is 10.9. The summed E-state index contributed by atoms with van der Waals surface area (Å²) in [5.41, 5.74) is 10.1. The van der Waals surface area contributed by atoms with Crippen molar-refractivity contribution in [1.29, 1.82) is 0 Å². The van der Waals surface area contributed by atoms with Crippen molar-refractivity contribution in [3.05, 3.63) is 35.1 Å². The van der Waals surface area contributed by atoms with Crippen LogP contribution in [0.3, 0.4) is 0 Å². The fraction of sp³-hybridized carbons (Fsp3) is 0.629. The summed E-state index contributed by atoms with van der Waals surface area (Å²) in [5.74, 6) is -1.60. The van der Waals surface area contributed by atoms with Gasteiger partial charge in [-0.15, -0.1) is 0 Å². The van der Waals surface area contributed by atoms with Crippen LogP contribution in [0.2, 0.25) is 0 Å². The summed E-state index contributed by atoms with van der Waals surface area (Å²) in [6.07, 6.45) is 2.99. The molecule has 1 spiro atoms. The van der Waals surface area contributed by atoms with Crippen LogP contribution in [0.25, 0.3) is 0 Å². The van der Waals surface area contributed by atoms with E-state index in [1.165, 1.54) is 36.7 Å². The van der Waals surface area contributed by atoms with E-state index in [-0.39, 0.29) is 56.0 Å². The fourth-order valence-electron chi connectivity index (χ4n) is 7.88. The maximum absolute atomic E-state index is 13.5. The van der Waals surface area contributed by atoms with Crippen LogP contribution in [0, 0.1) is 12.8 Å². The zero-order valence-corrected chi connectivity index (χ0v) is 29.8. The number of likely N-dealkylation sites (tertiary alicyclic amines) is 1. The van der Waals surface area contributed by atoms with Crippen molar-refractivity contribution in [3.8, 4) is 11.5 Å². The van der Waals surface area contributed by atoms with E-state index in [2.05, 4.69) is 15.2 Å². The van der Waals surface area contributed by atoms with Gasteiger partial charge >= 0.3 is 12.1 Å². The minimum Gasteiger partial charge on any atom is -0.504 e. The molecule has 4 aliphatic rings. The Labute approximate surface area is 297 Å². The number of carbonyl (C=O) groups excluding carboxylic acids is 3. The molecular weight excluding hydrogens is 662 g/mol. The molecule has 2 fully saturated rings. The first-order valence-electron chi connectivity index (χ1n) is 17.5. The van der Waals surface area contributed by atoms with Crippen LogP contribution < -0.4 is 21.5 Å². The zero-order valence-electron chi connectivity index (χ0n) is 29.8. The van der Waals surface area contributed by atoms with Gasteiger partial charge in [0.05, 0.1) is 11.0 Å². The molecule has 51 heavy (non-hydrogen) atoms. The van der Waals surface area contributed by atoms with Gasteiger partial charge in [-0.2, -0.15) is 0 Å². The zero-order chi connectivity index (χ0) is 37.2. The van der Waals surface area contributed by atoms with Crippen molar-refractivity contribution < 1.29 is 44.0 Å². The number of guanidine groups is 1. The molecule has 16 heteroatoms. The Balaban J connectivity index is 1.28. The number of ether oxygens (including phenoxy) is 2. The Bertz CT molecular complexity index is 1590. The van der Waals surface area contributed by atoms with Crippen molar-refractivity contribution in [1.82, 2.24) is 20.0 Å². The van der Waals surface area contributed by atoms with E-state index < -0.39 is 53.5 Å². The Morgan fingerprint density at radius 2 is 1.88 bits per heavy atom. The predicted molar refractivity (Wildman–Crippen MR) is 186 cm³/mol. The van der Waals surface area contributed by atoms with Gasteiger partial charge in [0.1, 0.15) is 18.2 Å². The lowest BCUT2D eigenvalue weighted by molar-refractivity contribution is -0.158. The van der Waals surface area contributed by atoms with Crippen molar-refractivity contribution in [3.63, 3.8) is 0 Å². The molecule has 8 N–H and O–H groups in total. The summed E-state index contributed by atoms with van der Waals surface area (Å²) >= 11 is 0. The Hall–Kier alpha value is -4.57. The summed E-state index contributed by atoms with van der Waals surface area (Å²) in [4.78, 5) is 58.9. The quantitative estimate of drug-likeness (QED) is 0.0679. The van der Waals surface area contributed by atoms with Gasteiger partial charge in [-0.3, -0.25) is 24.3 Å². The second-order valence-electron chi connectivity index (χ2n) is 14.4. The summed E-state index contributed by atoms with van der Waals surface area (Å²) < 4.78 is 12.4. The molecule has 5 atom stereocenters. The number of carbonyl (C=O) groups is 4. The number of aliphatic carboxylic acids is 1. The van der Waals surface area contributed by atoms with E-state index in [9.17, 15) is 29.4 Å². The first-order chi connectivity index (χ1) is 24.1. The van der Waals surface area contributed by atoms with Crippen LogP contribution in [-0.2, 0) is 24.5 Å². The number of nitrogens with zero attached hydrogens (tertiary/aromatic N) is 4. The number of aromatic hydroxyl groups is 1. The van der Waals surface area contributed by atoms with Crippen LogP contribution >= 0.6 is 0 Å². The Kier molecular flexibility index (Phi) is 11.1. The third kappa shape index (κ3) is 7.56. The van der Waals surface area contributed by atoms with Gasteiger partial charge in [-0.1, -0.05) is 6.07 Å². The molecule has 0 bridgehead atoms. The highest BCUT2D eigenvalue weighted by Crippen LogP contribution is 2.62. The molecule has 2 aliphatic heterocycles. The average molecular weight is 714 g/mol. The first kappa shape index (κ1) is 37.7. The average Bonchev–Trinajstić information content (AvgIpc) is 3.82. The standard InChI is InChI=1S/C35H51N7O9/c1-20-7-10-24(43)29-28(20)34-13-15-42(19-22-8-9-22)21(2)35(34,49)12-11-25(30(34)51-29)50-33(48)41(4)17-16-40(3)31(47)23(6-5-14-38-32(36)37)39-26(44)18-27(45)46/h7,10-11,21-23,30,43,49H,5-6,8-9,12-19H2,1-4H3,(H,39,44)(H,45,46)(H4,36,37,38). The van der Waals surface area contributed by atoms with Crippen LogP contribution in [0.1, 0.15) is 63.0 Å². The molecule has 1 saturated heterocycles. The first-order valence-corrected chi connectivity index (χ1v) is 17.5. The van der Waals surface area contributed by atoms with Crippen LogP contribution in [0.15, 0.2) is 29.0 Å². The topological polar surface area (TPSA) is 234 Å². The Morgan fingerprint density at radius 1 is 1.18 bits per heavy atom. The van der Waals surface area contributed by atoms with Crippen molar-refractivity contribution in [2.75, 3.05) is 46.8 Å². The highest BCUT2D eigenvalue weighted by Gasteiger charge is 2.69. The van der Waals surface area contributed by atoms with Crippen LogP contribution in [0.4, 0.5) is 4.79 Å². The minimum absolute atomic E-state index is 0.0426. The lowest BCUT2D eigenvalue weighted by Gasteiger charge is -2.59. The van der Waals surface area contributed by atoms with E-state index in [1.807, 2.05) is 19.9 Å². The number of hydrogen-bond acceptors (Lipinski definition) is 10. The SMILES string of the molecule is Cc1ccc(O)c2c1C13CCN(CC4CC4)C(C)C1(O)CC=C(OC(=O)N(C)CCN(C)C(=O)C(CCCN=C(N)N)NC(=O)CC(=O)O)C3O2. The summed E-state index contributed by atoms with van der Waals surface area (Å²) in [6.45, 7) is 5.94. The van der Waals surface area contributed by atoms with E-state index in [1.54, 1.807) is 12.1 Å². The highest BCUT2D eigenvalue weighted by atomic mass is 16.6. The molecule has 3 amide bonds. The van der Waals surface area contributed by atoms with Gasteiger partial charge in [-0.25, -0.2) is 4.79 Å². The van der Waals surface area contributed by atoms with Crippen LogP contribution in [0.5, 0.6) is 11.5 Å². The molecule has 1 aromatic rings. The van der Waals surface area contributed by atoms with Gasteiger partial charge < -0.3 is 51.4 Å². The number of phenolic OH excluding ortho intramolecular Hbond substituents is 1. The Morgan fingerprint density at radius 3 is 2.55 bits per heavy atom. The molecule has 280 valence electrons. The smallest absolute Gasteiger partial charge is 0.414 e. The maximum atomic E-state index is 13.5. The van der Waals surface area contributed by atoms with Crippen molar-refractivity contribution >= 4 is 29.8 Å². The maximum Gasteiger partial charge on any atom is 0.414 e. The molecule has 2 heterocycles. The molecule has 1 saturated carbocycles. The van der Waals surface area contributed by atoms with Crippen LogP contribution in [-0.4, -0.2) is 130 Å². The molecule has 16 nitrogen and oxygen atoms in total. The highest BCUT2D eigenvalue weighted by molar-refractivity contribution is 5.96. The van der Waals surface area contributed by atoms with Gasteiger partial charge in [0, 0.05) is 58.3 Å². The van der Waals surface area contributed by atoms with Crippen molar-refractivity contribution in [2.24, 2.45) is 22.4 Å². The molecule has 5 rings (SSSR count). The van der Waals surface area contributed by atoms with Gasteiger partial charge in [0.2, 0.25) is 11.8 Å². The molecule has 2 aliphatic carbocycles. The number of nitrogens with one attached hydrogen (secondary N) is 1. The molecule has 0 radical (unpaired) electrons. The number of rotatable bonds is 14. The molecule has 1 aromatic carbocycles. The normalized spacial score (nSPS) is 25.5. The number of carboxylic acids is 1. The molecule has 0 aromatic heterocycles. The van der Waals surface area contributed by atoms with E-state index >= 15 is 0 Å². The van der Waals surface area contributed by atoms with E-state index in [0.717, 1.165) is 17.7 Å². The monoisotopic (exact) mass is 713 g/mol. The summed E-state index contributed by atoms with van der Waals surface area (Å²) in [7, 11) is 3.04. The molecule has 5 unspecified atom stereocenters. The number of hydrogen-bond donors (Lipinski definition) is 6. The van der Waals surface area contributed by atoms with Gasteiger partial charge in [0.25, 0.3) is 0 Å². The number of nitrogens with two attached hydrogens (primary N) is 2. The number of carboxylic acid groups (broad SMARTS) is 1. The predicted octanol–water partition coefficient (Wildman–Crippen LogP) is 0.762. The van der Waals surface area contributed by atoms with E-state index in [0.29, 0.717) is 31.1 Å². The third-order valence-corrected chi connectivity index (χ3v) is 10.9. The fourth-order valence-corrected chi connectivity index (χ4v) is 7.88. The number of benzene rings is 1. The number of amides is 3. The number of fused-ring (bicyclic) bond motifs is 1. The summed E-state index contributed by atoms with van der Waals surface area (Å²) in [5, 5.41) is 35.0. The number of phenols is 1. The van der Waals surface area contributed by atoms with Gasteiger partial charge in [0.15, 0.2) is 23.6 Å². The molecular formula is C35H51N7O9. The van der Waals surface area contributed by atoms with E-state index in [4.69, 9.17) is 26.0 Å². The largest absolute Gasteiger partial charge is 0.504 e. The van der Waals surface area contributed by atoms with Gasteiger partial charge in [-0.05, 0) is 76.1 Å². The lowest BCUT2D eigenvalue weighted by Crippen LogP contribution is -2.72. The number of aryl methyl sites for hydroxylation is 1. The number of aliphatic imine (C=N–C) groups is 1. The minimum atomic E-state index is -1.33. The summed E-state index contributed by atoms with van der Waals surface area (Å²) in [6, 6.07) is 2.13. The second-order valence-corrected chi connectivity index (χ2v) is 14.4. The number of aliphatic hydroxyl groups is 1. The number of likely N-dealkylation sites (N-methyl/N-ethyl adjacent to an activating group) is 2.